The van der Waals surface area contributed by atoms with Crippen molar-refractivity contribution in [1.29, 1.82) is 0 Å². The van der Waals surface area contributed by atoms with Crippen LogP contribution >= 0.6 is 11.6 Å². The molecule has 0 spiro atoms. The molecule has 0 amide bonds. The number of pyridine rings is 1. The number of aromatic nitrogens is 1. The van der Waals surface area contributed by atoms with Crippen LogP contribution in [0.25, 0.3) is 16.9 Å². The SMILES string of the molecule is C=C(O)c1ccc(CC(=O)C(CC2CC2)c2ccc(-c3c(OC(F)F)ccc(Cl)c3F)c[n+]2[O-])cc1F. The third kappa shape index (κ3) is 6.05. The second-order valence-corrected chi connectivity index (χ2v) is 9.32. The molecule has 3 aromatic rings. The lowest BCUT2D eigenvalue weighted by molar-refractivity contribution is -0.614. The van der Waals surface area contributed by atoms with Crippen molar-refractivity contribution in [1.82, 2.24) is 0 Å². The molecule has 1 fully saturated rings. The number of aliphatic hydroxyl groups excluding tert-OH is 1. The molecule has 5 nitrogen and oxygen atoms in total. The van der Waals surface area contributed by atoms with Gasteiger partial charge < -0.3 is 15.1 Å². The molecular weight excluding hydrogens is 514 g/mol. The Labute approximate surface area is 215 Å². The number of carbonyl (C=O) groups excluding carboxylic acids is 1. The average Bonchev–Trinajstić information content (AvgIpc) is 3.64. The van der Waals surface area contributed by atoms with Crippen LogP contribution in [0.5, 0.6) is 5.75 Å². The topological polar surface area (TPSA) is 73.5 Å². The molecule has 2 aromatic carbocycles. The maximum Gasteiger partial charge on any atom is 0.387 e. The van der Waals surface area contributed by atoms with Gasteiger partial charge in [-0.3, -0.25) is 4.79 Å². The van der Waals surface area contributed by atoms with E-state index in [1.54, 1.807) is 0 Å². The van der Waals surface area contributed by atoms with E-state index in [0.717, 1.165) is 37.2 Å². The fourth-order valence-corrected chi connectivity index (χ4v) is 4.39. The van der Waals surface area contributed by atoms with Gasteiger partial charge in [0.15, 0.2) is 17.8 Å². The number of alkyl halides is 2. The van der Waals surface area contributed by atoms with Crippen LogP contribution in [0, 0.1) is 22.8 Å². The molecule has 0 radical (unpaired) electrons. The van der Waals surface area contributed by atoms with Crippen LogP contribution in [0.2, 0.25) is 5.02 Å². The Balaban J connectivity index is 1.66. The summed E-state index contributed by atoms with van der Waals surface area (Å²) < 4.78 is 59.6. The number of ketones is 1. The van der Waals surface area contributed by atoms with E-state index in [2.05, 4.69) is 11.3 Å². The molecule has 1 unspecified atom stereocenters. The minimum absolute atomic E-state index is 0.0612. The van der Waals surface area contributed by atoms with Crippen LogP contribution in [-0.4, -0.2) is 17.5 Å². The molecule has 4 rings (SSSR count). The van der Waals surface area contributed by atoms with Gasteiger partial charge >= 0.3 is 6.61 Å². The van der Waals surface area contributed by atoms with Crippen LogP contribution in [0.15, 0.2) is 55.2 Å². The zero-order chi connectivity index (χ0) is 26.9. The average molecular weight is 536 g/mol. The number of hydrogen-bond donors (Lipinski definition) is 1. The number of rotatable bonds is 10. The van der Waals surface area contributed by atoms with Crippen molar-refractivity contribution < 1.29 is 36.9 Å². The van der Waals surface area contributed by atoms with Crippen LogP contribution in [0.1, 0.15) is 42.0 Å². The molecule has 1 aromatic heterocycles. The van der Waals surface area contributed by atoms with E-state index in [4.69, 9.17) is 11.6 Å². The van der Waals surface area contributed by atoms with Crippen LogP contribution < -0.4 is 9.47 Å². The molecular formula is C27H22ClF4NO4. The van der Waals surface area contributed by atoms with Crippen molar-refractivity contribution in [2.24, 2.45) is 5.92 Å². The first kappa shape index (κ1) is 26.5. The zero-order valence-corrected chi connectivity index (χ0v) is 20.2. The highest BCUT2D eigenvalue weighted by Crippen LogP contribution is 2.40. The van der Waals surface area contributed by atoms with Gasteiger partial charge in [0.25, 0.3) is 0 Å². The summed E-state index contributed by atoms with van der Waals surface area (Å²) >= 11 is 5.82. The number of carbonyl (C=O) groups is 1. The molecule has 1 aliphatic rings. The Morgan fingerprint density at radius 3 is 2.51 bits per heavy atom. The second kappa shape index (κ2) is 10.8. The normalized spacial score (nSPS) is 14.0. The first-order chi connectivity index (χ1) is 17.5. The van der Waals surface area contributed by atoms with Crippen molar-refractivity contribution in [2.45, 2.75) is 38.2 Å². The number of ether oxygens (including phenoxy) is 1. The van der Waals surface area contributed by atoms with E-state index in [0.29, 0.717) is 16.7 Å². The first-order valence-corrected chi connectivity index (χ1v) is 11.8. The van der Waals surface area contributed by atoms with E-state index < -0.39 is 41.2 Å². The Kier molecular flexibility index (Phi) is 7.73. The van der Waals surface area contributed by atoms with Crippen molar-refractivity contribution in [2.75, 3.05) is 0 Å². The van der Waals surface area contributed by atoms with E-state index in [9.17, 15) is 32.7 Å². The Bertz CT molecular complexity index is 1360. The predicted octanol–water partition coefficient (Wildman–Crippen LogP) is 6.74. The van der Waals surface area contributed by atoms with Crippen molar-refractivity contribution in [3.63, 3.8) is 0 Å². The first-order valence-electron chi connectivity index (χ1n) is 11.4. The maximum absolute atomic E-state index is 14.8. The lowest BCUT2D eigenvalue weighted by Gasteiger charge is -2.17. The Hall–Kier alpha value is -3.59. The lowest BCUT2D eigenvalue weighted by Crippen LogP contribution is -2.36. The summed E-state index contributed by atoms with van der Waals surface area (Å²) in [5.41, 5.74) is -0.0940. The van der Waals surface area contributed by atoms with Crippen molar-refractivity contribution in [3.8, 4) is 16.9 Å². The summed E-state index contributed by atoms with van der Waals surface area (Å²) in [4.78, 5) is 13.3. The lowest BCUT2D eigenvalue weighted by atomic mass is 9.89. The number of benzene rings is 2. The molecule has 1 N–H and O–H groups in total. The predicted molar refractivity (Wildman–Crippen MR) is 129 cm³/mol. The summed E-state index contributed by atoms with van der Waals surface area (Å²) in [6.07, 6.45) is 3.04. The number of hydrogen-bond acceptors (Lipinski definition) is 4. The van der Waals surface area contributed by atoms with Gasteiger partial charge in [-0.1, -0.05) is 37.1 Å². The fraction of sp³-hybridized carbons (Fsp3) is 0.259. The summed E-state index contributed by atoms with van der Waals surface area (Å²) in [6, 6.07) is 8.76. The highest BCUT2D eigenvalue weighted by molar-refractivity contribution is 6.31. The molecule has 1 heterocycles. The maximum atomic E-state index is 14.8. The summed E-state index contributed by atoms with van der Waals surface area (Å²) in [6.45, 7) is 0.0591. The molecule has 0 aliphatic heterocycles. The quantitative estimate of drug-likeness (QED) is 0.135. The van der Waals surface area contributed by atoms with Crippen LogP contribution in [0.3, 0.4) is 0 Å². The zero-order valence-electron chi connectivity index (χ0n) is 19.4. The monoisotopic (exact) mass is 535 g/mol. The molecule has 194 valence electrons. The van der Waals surface area contributed by atoms with Gasteiger partial charge in [0.05, 0.1) is 21.7 Å². The Morgan fingerprint density at radius 1 is 1.19 bits per heavy atom. The number of Topliss-reactive ketones (excluding diaryl/α,β-unsaturated/α-hetero) is 1. The largest absolute Gasteiger partial charge is 0.618 e. The van der Waals surface area contributed by atoms with Gasteiger partial charge in [0.1, 0.15) is 23.2 Å². The second-order valence-electron chi connectivity index (χ2n) is 8.92. The van der Waals surface area contributed by atoms with E-state index in [-0.39, 0.29) is 40.0 Å². The highest BCUT2D eigenvalue weighted by atomic mass is 35.5. The molecule has 10 heteroatoms. The van der Waals surface area contributed by atoms with Crippen molar-refractivity contribution >= 4 is 23.1 Å². The van der Waals surface area contributed by atoms with Gasteiger partial charge in [0.2, 0.25) is 5.69 Å². The van der Waals surface area contributed by atoms with Gasteiger partial charge in [-0.25, -0.2) is 8.78 Å². The van der Waals surface area contributed by atoms with Crippen molar-refractivity contribution in [3.05, 3.63) is 93.9 Å². The molecule has 37 heavy (non-hydrogen) atoms. The fourth-order valence-electron chi connectivity index (χ4n) is 4.24. The van der Waals surface area contributed by atoms with Crippen LogP contribution in [-0.2, 0) is 11.2 Å². The molecule has 1 aliphatic carbocycles. The third-order valence-electron chi connectivity index (χ3n) is 6.24. The molecule has 0 bridgehead atoms. The summed E-state index contributed by atoms with van der Waals surface area (Å²) in [5, 5.41) is 22.1. The van der Waals surface area contributed by atoms with E-state index in [1.807, 2.05) is 0 Å². The number of nitrogens with zero attached hydrogens (tertiary/aromatic N) is 1. The third-order valence-corrected chi connectivity index (χ3v) is 6.53. The smallest absolute Gasteiger partial charge is 0.387 e. The molecule has 1 saturated carbocycles. The summed E-state index contributed by atoms with van der Waals surface area (Å²) in [7, 11) is 0. The minimum Gasteiger partial charge on any atom is -0.618 e. The number of halogens is 5. The van der Waals surface area contributed by atoms with Gasteiger partial charge in [-0.05, 0) is 48.2 Å². The number of aliphatic hydroxyl groups is 1. The van der Waals surface area contributed by atoms with E-state index >= 15 is 0 Å². The Morgan fingerprint density at radius 2 is 1.92 bits per heavy atom. The van der Waals surface area contributed by atoms with Gasteiger partial charge in [-0.2, -0.15) is 13.5 Å². The summed E-state index contributed by atoms with van der Waals surface area (Å²) in [5.74, 6) is -3.59. The standard InChI is InChI=1S/C27H22ClF4NO4/c1-14(34)18-6-4-16(11-21(18)29)12-23(35)19(10-15-2-3-15)22-8-5-17(13-33(22)36)25-24(37-27(31)32)9-7-20(28)26(25)30/h4-9,11,13,15,19,27,34H,1-3,10,12H2. The minimum atomic E-state index is -3.23. The van der Waals surface area contributed by atoms with Crippen LogP contribution in [0.4, 0.5) is 17.6 Å². The molecule has 0 saturated heterocycles. The van der Waals surface area contributed by atoms with Gasteiger partial charge in [0, 0.05) is 12.5 Å². The van der Waals surface area contributed by atoms with Gasteiger partial charge in [-0.15, -0.1) is 0 Å². The molecule has 1 atom stereocenters. The van der Waals surface area contributed by atoms with E-state index in [1.165, 1.54) is 24.3 Å². The highest BCUT2D eigenvalue weighted by Gasteiger charge is 2.35.